The smallest absolute Gasteiger partial charge is 0.282 e. The van der Waals surface area contributed by atoms with E-state index in [4.69, 9.17) is 0 Å². The van der Waals surface area contributed by atoms with Crippen LogP contribution >= 0.6 is 15.9 Å². The van der Waals surface area contributed by atoms with Gasteiger partial charge in [-0.15, -0.1) is 0 Å². The van der Waals surface area contributed by atoms with Crippen molar-refractivity contribution in [1.82, 2.24) is 4.90 Å². The minimum Gasteiger partial charge on any atom is -0.332 e. The van der Waals surface area contributed by atoms with E-state index >= 15 is 0 Å². The Balaban J connectivity index is 2.42. The van der Waals surface area contributed by atoms with Crippen LogP contribution in [0.4, 0.5) is 5.69 Å². The van der Waals surface area contributed by atoms with Crippen molar-refractivity contribution in [3.8, 4) is 0 Å². The van der Waals surface area contributed by atoms with Crippen LogP contribution in [0.3, 0.4) is 0 Å². The van der Waals surface area contributed by atoms with E-state index in [0.717, 1.165) is 16.5 Å². The average molecular weight is 391 g/mol. The molecule has 0 saturated heterocycles. The van der Waals surface area contributed by atoms with Gasteiger partial charge in [-0.1, -0.05) is 53.2 Å². The molecule has 2 rings (SSSR count). The molecule has 0 fully saturated rings. The number of carbonyl (C=O) groups is 1. The van der Waals surface area contributed by atoms with Gasteiger partial charge in [-0.3, -0.25) is 14.9 Å². The Bertz CT molecular complexity index is 749. The predicted octanol–water partition coefficient (Wildman–Crippen LogP) is 4.97. The van der Waals surface area contributed by atoms with Crippen LogP contribution in [0, 0.1) is 10.1 Å². The van der Waals surface area contributed by atoms with Crippen LogP contribution in [0.1, 0.15) is 42.2 Å². The molecule has 1 unspecified atom stereocenters. The third-order valence-corrected chi connectivity index (χ3v) is 4.60. The minimum absolute atomic E-state index is 0.120. The third kappa shape index (κ3) is 3.82. The van der Waals surface area contributed by atoms with Crippen LogP contribution in [-0.2, 0) is 0 Å². The van der Waals surface area contributed by atoms with Gasteiger partial charge < -0.3 is 4.90 Å². The van der Waals surface area contributed by atoms with E-state index in [2.05, 4.69) is 15.9 Å². The second-order valence-corrected chi connectivity index (χ2v) is 6.32. The van der Waals surface area contributed by atoms with Crippen molar-refractivity contribution in [2.45, 2.75) is 26.3 Å². The minimum atomic E-state index is -0.513. The Morgan fingerprint density at radius 2 is 1.83 bits per heavy atom. The summed E-state index contributed by atoms with van der Waals surface area (Å²) in [5, 5.41) is 11.2. The second kappa shape index (κ2) is 8.06. The van der Waals surface area contributed by atoms with Crippen molar-refractivity contribution >= 4 is 27.5 Å². The average Bonchev–Trinajstić information content (AvgIpc) is 2.59. The van der Waals surface area contributed by atoms with Crippen LogP contribution in [0.5, 0.6) is 0 Å². The Labute approximate surface area is 149 Å². The van der Waals surface area contributed by atoms with Gasteiger partial charge in [0.2, 0.25) is 0 Å². The lowest BCUT2D eigenvalue weighted by Gasteiger charge is -2.30. The number of para-hydroxylation sites is 1. The van der Waals surface area contributed by atoms with Gasteiger partial charge in [0.25, 0.3) is 11.6 Å². The van der Waals surface area contributed by atoms with E-state index in [1.807, 2.05) is 38.1 Å². The van der Waals surface area contributed by atoms with Gasteiger partial charge in [0.1, 0.15) is 5.56 Å². The summed E-state index contributed by atoms with van der Waals surface area (Å²) in [4.78, 5) is 25.4. The lowest BCUT2D eigenvalue weighted by Crippen LogP contribution is -2.34. The van der Waals surface area contributed by atoms with Gasteiger partial charge in [0.15, 0.2) is 0 Å². The molecule has 2 aromatic rings. The fourth-order valence-corrected chi connectivity index (χ4v) is 3.28. The summed E-state index contributed by atoms with van der Waals surface area (Å²) in [6.45, 7) is 4.43. The lowest BCUT2D eigenvalue weighted by molar-refractivity contribution is -0.385. The number of nitro groups is 1. The molecule has 2 aromatic carbocycles. The molecule has 0 heterocycles. The number of benzene rings is 2. The second-order valence-electron chi connectivity index (χ2n) is 5.47. The van der Waals surface area contributed by atoms with Crippen molar-refractivity contribution in [3.05, 3.63) is 74.2 Å². The molecule has 0 spiro atoms. The van der Waals surface area contributed by atoms with Crippen molar-refractivity contribution < 1.29 is 9.72 Å². The molecule has 1 amide bonds. The highest BCUT2D eigenvalue weighted by atomic mass is 79.9. The Hall–Kier alpha value is -2.21. The van der Waals surface area contributed by atoms with Gasteiger partial charge in [0.05, 0.1) is 11.0 Å². The van der Waals surface area contributed by atoms with E-state index in [0.29, 0.717) is 6.54 Å². The monoisotopic (exact) mass is 390 g/mol. The molecule has 5 nitrogen and oxygen atoms in total. The van der Waals surface area contributed by atoms with Crippen molar-refractivity contribution in [2.24, 2.45) is 0 Å². The number of carbonyl (C=O) groups excluding carboxylic acids is 1. The number of rotatable bonds is 6. The first-order valence-corrected chi connectivity index (χ1v) is 8.55. The maximum atomic E-state index is 13.0. The lowest BCUT2D eigenvalue weighted by atomic mass is 10.0. The van der Waals surface area contributed by atoms with E-state index in [9.17, 15) is 14.9 Å². The predicted molar refractivity (Wildman–Crippen MR) is 97.0 cm³/mol. The summed E-state index contributed by atoms with van der Waals surface area (Å²) >= 11 is 3.51. The molecule has 0 aliphatic rings. The first-order chi connectivity index (χ1) is 11.5. The molecule has 0 radical (unpaired) electrons. The topological polar surface area (TPSA) is 63.5 Å². The molecule has 0 N–H and O–H groups in total. The normalized spacial score (nSPS) is 11.8. The Morgan fingerprint density at radius 1 is 1.21 bits per heavy atom. The number of amides is 1. The highest BCUT2D eigenvalue weighted by Gasteiger charge is 2.28. The quantitative estimate of drug-likeness (QED) is 0.516. The molecule has 1 atom stereocenters. The summed E-state index contributed by atoms with van der Waals surface area (Å²) in [6.07, 6.45) is 0.765. The SMILES string of the molecule is CCCN(C(=O)c1ccccc1[N+](=O)[O-])C(C)c1ccccc1Br. The van der Waals surface area contributed by atoms with Gasteiger partial charge >= 0.3 is 0 Å². The van der Waals surface area contributed by atoms with E-state index < -0.39 is 4.92 Å². The van der Waals surface area contributed by atoms with Gasteiger partial charge in [0, 0.05) is 17.1 Å². The molecule has 0 aliphatic carbocycles. The summed E-state index contributed by atoms with van der Waals surface area (Å²) in [5.74, 6) is -0.326. The zero-order chi connectivity index (χ0) is 17.7. The number of nitrogens with zero attached hydrogens (tertiary/aromatic N) is 2. The Kier molecular flexibility index (Phi) is 6.09. The molecular formula is C18H19BrN2O3. The van der Waals surface area contributed by atoms with Crippen molar-refractivity contribution in [1.29, 1.82) is 0 Å². The zero-order valence-electron chi connectivity index (χ0n) is 13.6. The van der Waals surface area contributed by atoms with Gasteiger partial charge in [-0.05, 0) is 31.0 Å². The number of hydrogen-bond donors (Lipinski definition) is 0. The van der Waals surface area contributed by atoms with Crippen molar-refractivity contribution in [3.63, 3.8) is 0 Å². The van der Waals surface area contributed by atoms with Crippen LogP contribution < -0.4 is 0 Å². The van der Waals surface area contributed by atoms with Crippen LogP contribution in [0.25, 0.3) is 0 Å². The zero-order valence-corrected chi connectivity index (χ0v) is 15.2. The summed E-state index contributed by atoms with van der Waals surface area (Å²) in [7, 11) is 0. The Morgan fingerprint density at radius 3 is 2.46 bits per heavy atom. The standard InChI is InChI=1S/C18H19BrN2O3/c1-3-12-20(13(2)14-8-4-6-10-16(14)19)18(22)15-9-5-7-11-17(15)21(23)24/h4-11,13H,3,12H2,1-2H3. The molecular weight excluding hydrogens is 372 g/mol. The van der Waals surface area contributed by atoms with Crippen LogP contribution in [0.2, 0.25) is 0 Å². The molecule has 24 heavy (non-hydrogen) atoms. The molecule has 6 heteroatoms. The highest BCUT2D eigenvalue weighted by Crippen LogP contribution is 2.30. The van der Waals surface area contributed by atoms with Gasteiger partial charge in [-0.25, -0.2) is 0 Å². The first kappa shape index (κ1) is 18.1. The fourth-order valence-electron chi connectivity index (χ4n) is 2.66. The largest absolute Gasteiger partial charge is 0.332 e. The fraction of sp³-hybridized carbons (Fsp3) is 0.278. The van der Waals surface area contributed by atoms with E-state index in [1.54, 1.807) is 17.0 Å². The number of hydrogen-bond acceptors (Lipinski definition) is 3. The molecule has 0 aromatic heterocycles. The maximum Gasteiger partial charge on any atom is 0.282 e. The van der Waals surface area contributed by atoms with E-state index in [-0.39, 0.29) is 23.2 Å². The third-order valence-electron chi connectivity index (χ3n) is 3.88. The number of halogens is 1. The molecule has 0 bridgehead atoms. The molecule has 0 aliphatic heterocycles. The molecule has 0 saturated carbocycles. The van der Waals surface area contributed by atoms with Gasteiger partial charge in [-0.2, -0.15) is 0 Å². The maximum absolute atomic E-state index is 13.0. The summed E-state index contributed by atoms with van der Waals surface area (Å²) in [5.41, 5.74) is 0.927. The highest BCUT2D eigenvalue weighted by molar-refractivity contribution is 9.10. The molecule has 126 valence electrons. The summed E-state index contributed by atoms with van der Waals surface area (Å²) < 4.78 is 0.911. The first-order valence-electron chi connectivity index (χ1n) is 7.76. The van der Waals surface area contributed by atoms with Crippen LogP contribution in [-0.4, -0.2) is 22.3 Å². The van der Waals surface area contributed by atoms with E-state index in [1.165, 1.54) is 12.1 Å². The number of nitro benzene ring substituents is 1. The van der Waals surface area contributed by atoms with Crippen molar-refractivity contribution in [2.75, 3.05) is 6.54 Å². The summed E-state index contributed by atoms with van der Waals surface area (Å²) in [6, 6.07) is 13.6. The van der Waals surface area contributed by atoms with Crippen LogP contribution in [0.15, 0.2) is 53.0 Å².